The third kappa shape index (κ3) is 8.42. The van der Waals surface area contributed by atoms with E-state index in [-0.39, 0.29) is 35.1 Å². The minimum Gasteiger partial charge on any atom is -0.496 e. The molecule has 0 unspecified atom stereocenters. The molecule has 4 aromatic carbocycles. The number of aromatic carboxylic acids is 1. The Morgan fingerprint density at radius 3 is 1.71 bits per heavy atom. The minimum atomic E-state index is -1.34. The largest absolute Gasteiger partial charge is 0.496 e. The number of nitrogens with zero attached hydrogens (tertiary/aromatic N) is 3. The van der Waals surface area contributed by atoms with Gasteiger partial charge in [0, 0.05) is 32.5 Å². The van der Waals surface area contributed by atoms with Gasteiger partial charge in [0.25, 0.3) is 17.0 Å². The second-order valence-electron chi connectivity index (χ2n) is 13.0. The molecule has 290 valence electrons. The molecule has 0 spiro atoms. The highest BCUT2D eigenvalue weighted by molar-refractivity contribution is 5.95. The molecule has 1 aliphatic heterocycles. The van der Waals surface area contributed by atoms with Crippen molar-refractivity contribution < 1.29 is 37.7 Å². The van der Waals surface area contributed by atoms with Crippen molar-refractivity contribution in [3.8, 4) is 11.5 Å². The number of amides is 1. The van der Waals surface area contributed by atoms with E-state index in [0.717, 1.165) is 18.9 Å². The molecule has 7 rings (SSSR count). The van der Waals surface area contributed by atoms with E-state index in [0.29, 0.717) is 81.7 Å². The van der Waals surface area contributed by atoms with Crippen LogP contribution in [0.4, 0.5) is 8.78 Å². The number of ether oxygens (including phenoxy) is 3. The van der Waals surface area contributed by atoms with Gasteiger partial charge in [0.1, 0.15) is 23.1 Å². The van der Waals surface area contributed by atoms with Gasteiger partial charge in [-0.2, -0.15) is 10.2 Å². The zero-order valence-electron chi connectivity index (χ0n) is 30.9. The molecule has 3 heterocycles. The number of hydrogen-bond donors (Lipinski definition) is 3. The number of piperidine rings is 1. The summed E-state index contributed by atoms with van der Waals surface area (Å²) in [6.45, 7) is 3.68. The Morgan fingerprint density at radius 2 is 1.25 bits per heavy atom. The predicted molar refractivity (Wildman–Crippen MR) is 204 cm³/mol. The summed E-state index contributed by atoms with van der Waals surface area (Å²) in [7, 11) is 3.02. The molecule has 56 heavy (non-hydrogen) atoms. The van der Waals surface area contributed by atoms with Crippen LogP contribution in [0, 0.1) is 11.6 Å². The van der Waals surface area contributed by atoms with Crippen LogP contribution in [0.15, 0.2) is 82.4 Å². The summed E-state index contributed by atoms with van der Waals surface area (Å²) < 4.78 is 44.5. The number of methoxy groups -OCH3 is 2. The Bertz CT molecular complexity index is 2530. The lowest BCUT2D eigenvalue weighted by Crippen LogP contribution is -2.41. The average molecular weight is 768 g/mol. The number of aromatic amines is 2. The monoisotopic (exact) mass is 767 g/mol. The fraction of sp³-hybridized carbons (Fsp3) is 0.268. The van der Waals surface area contributed by atoms with Gasteiger partial charge in [0.05, 0.1) is 64.4 Å². The predicted octanol–water partition coefficient (Wildman–Crippen LogP) is 5.66. The average Bonchev–Trinajstić information content (AvgIpc) is 3.21. The Kier molecular flexibility index (Phi) is 12.1. The van der Waals surface area contributed by atoms with E-state index in [4.69, 9.17) is 19.3 Å². The lowest BCUT2D eigenvalue weighted by atomic mass is 10.0. The molecule has 13 nitrogen and oxygen atoms in total. The highest BCUT2D eigenvalue weighted by Crippen LogP contribution is 2.29. The summed E-state index contributed by atoms with van der Waals surface area (Å²) in [5, 5.41) is 24.2. The van der Waals surface area contributed by atoms with Crippen molar-refractivity contribution >= 4 is 33.4 Å². The maximum atomic E-state index is 14.6. The zero-order chi connectivity index (χ0) is 39.9. The summed E-state index contributed by atoms with van der Waals surface area (Å²) in [6.07, 6.45) is 2.16. The Morgan fingerprint density at radius 1 is 0.768 bits per heavy atom. The zero-order valence-corrected chi connectivity index (χ0v) is 30.9. The van der Waals surface area contributed by atoms with Crippen LogP contribution in [-0.4, -0.2) is 82.3 Å². The molecular weight excluding hydrogens is 728 g/mol. The van der Waals surface area contributed by atoms with Gasteiger partial charge in [0.15, 0.2) is 0 Å². The number of halogens is 2. The van der Waals surface area contributed by atoms with Gasteiger partial charge in [-0.1, -0.05) is 24.3 Å². The lowest BCUT2D eigenvalue weighted by Gasteiger charge is -2.32. The molecule has 3 N–H and O–H groups in total. The van der Waals surface area contributed by atoms with Crippen LogP contribution in [0.25, 0.3) is 21.5 Å². The van der Waals surface area contributed by atoms with E-state index in [1.54, 1.807) is 53.4 Å². The first-order valence-corrected chi connectivity index (χ1v) is 17.8. The SMILES string of the molecule is CCOC1CCN(C(=O)c2cc(Cc3n[nH]c(=O)c4cccc(OC)c34)ccc2F)CC1.COc1cccc2c(=O)[nH]nc(Cc3ccc(F)c(C(=O)O)c3)c12. The third-order valence-electron chi connectivity index (χ3n) is 9.54. The molecular formula is C41H39F2N5O8. The molecule has 0 saturated carbocycles. The molecule has 6 aromatic rings. The number of carboxylic acids is 1. The van der Waals surface area contributed by atoms with E-state index in [1.807, 2.05) is 6.92 Å². The van der Waals surface area contributed by atoms with Crippen molar-refractivity contribution in [3.05, 3.63) is 139 Å². The number of hydrogen-bond acceptors (Lipinski definition) is 9. The maximum Gasteiger partial charge on any atom is 0.338 e. The molecule has 1 fully saturated rings. The number of rotatable bonds is 10. The van der Waals surface area contributed by atoms with Gasteiger partial charge in [-0.25, -0.2) is 23.8 Å². The fourth-order valence-corrected chi connectivity index (χ4v) is 6.81. The topological polar surface area (TPSA) is 177 Å². The van der Waals surface area contributed by atoms with Crippen LogP contribution >= 0.6 is 0 Å². The first-order chi connectivity index (χ1) is 27.0. The number of fused-ring (bicyclic) bond motifs is 2. The van der Waals surface area contributed by atoms with Gasteiger partial charge >= 0.3 is 5.97 Å². The molecule has 0 atom stereocenters. The normalized spacial score (nSPS) is 13.0. The standard InChI is InChI=1S/C24H26FN3O4.C17H13FN2O4/c1-3-32-16-9-11-28(12-10-16)24(30)18-13-15(7-8-19(18)25)14-20-22-17(23(29)27-26-20)5-4-6-21(22)31-2;1-24-14-4-2-3-10-15(14)13(19-20-16(10)21)8-9-5-6-12(18)11(7-9)17(22)23/h4-8,13,16H,3,9-12,14H2,1-2H3,(H,27,29);2-7H,8H2,1H3,(H,20,21)(H,22,23). The van der Waals surface area contributed by atoms with E-state index in [1.165, 1.54) is 32.4 Å². The summed E-state index contributed by atoms with van der Waals surface area (Å²) in [4.78, 5) is 49.9. The minimum absolute atomic E-state index is 0.0399. The van der Waals surface area contributed by atoms with Crippen LogP contribution in [0.1, 0.15) is 63.0 Å². The highest BCUT2D eigenvalue weighted by atomic mass is 19.1. The smallest absolute Gasteiger partial charge is 0.338 e. The van der Waals surface area contributed by atoms with Crippen molar-refractivity contribution in [2.45, 2.75) is 38.7 Å². The fourth-order valence-electron chi connectivity index (χ4n) is 6.81. The van der Waals surface area contributed by atoms with E-state index < -0.39 is 23.2 Å². The summed E-state index contributed by atoms with van der Waals surface area (Å²) in [6, 6.07) is 18.6. The number of benzene rings is 4. The highest BCUT2D eigenvalue weighted by Gasteiger charge is 2.26. The van der Waals surface area contributed by atoms with Gasteiger partial charge < -0.3 is 24.2 Å². The summed E-state index contributed by atoms with van der Waals surface area (Å²) in [5.74, 6) is -2.00. The van der Waals surface area contributed by atoms with Crippen molar-refractivity contribution in [1.82, 2.24) is 25.3 Å². The first kappa shape index (κ1) is 39.2. The summed E-state index contributed by atoms with van der Waals surface area (Å²) >= 11 is 0. The molecule has 0 bridgehead atoms. The Balaban J connectivity index is 0.000000198. The van der Waals surface area contributed by atoms with E-state index in [2.05, 4.69) is 20.4 Å². The number of H-pyrrole nitrogens is 2. The quantitative estimate of drug-likeness (QED) is 0.158. The van der Waals surface area contributed by atoms with Crippen LogP contribution in [0.5, 0.6) is 11.5 Å². The maximum absolute atomic E-state index is 14.6. The van der Waals surface area contributed by atoms with Gasteiger partial charge in [0.2, 0.25) is 0 Å². The number of nitrogens with one attached hydrogen (secondary N) is 2. The number of carboxylic acid groups (broad SMARTS) is 1. The van der Waals surface area contributed by atoms with Crippen LogP contribution in [0.3, 0.4) is 0 Å². The molecule has 2 aromatic heterocycles. The van der Waals surface area contributed by atoms with Crippen LogP contribution in [-0.2, 0) is 17.6 Å². The number of carbonyl (C=O) groups is 2. The Hall–Kier alpha value is -6.48. The number of aromatic nitrogens is 4. The summed E-state index contributed by atoms with van der Waals surface area (Å²) in [5.41, 5.74) is 1.33. The molecule has 1 aliphatic rings. The molecule has 15 heteroatoms. The molecule has 0 radical (unpaired) electrons. The van der Waals surface area contributed by atoms with Crippen molar-refractivity contribution in [1.29, 1.82) is 0 Å². The van der Waals surface area contributed by atoms with Crippen LogP contribution in [0.2, 0.25) is 0 Å². The number of carbonyl (C=O) groups excluding carboxylic acids is 1. The lowest BCUT2D eigenvalue weighted by molar-refractivity contribution is 0.0144. The van der Waals surface area contributed by atoms with Crippen LogP contribution < -0.4 is 20.6 Å². The van der Waals surface area contributed by atoms with Gasteiger partial charge in [-0.05, 0) is 79.4 Å². The van der Waals surface area contributed by atoms with Crippen molar-refractivity contribution in [3.63, 3.8) is 0 Å². The van der Waals surface area contributed by atoms with E-state index in [9.17, 15) is 28.0 Å². The second-order valence-corrected chi connectivity index (χ2v) is 13.0. The molecule has 0 aliphatic carbocycles. The third-order valence-corrected chi connectivity index (χ3v) is 9.54. The van der Waals surface area contributed by atoms with Crippen molar-refractivity contribution in [2.24, 2.45) is 0 Å². The Labute approximate surface area is 318 Å². The molecule has 1 amide bonds. The second kappa shape index (κ2) is 17.3. The first-order valence-electron chi connectivity index (χ1n) is 17.8. The van der Waals surface area contributed by atoms with E-state index >= 15 is 0 Å². The molecule has 1 saturated heterocycles. The van der Waals surface area contributed by atoms with Gasteiger partial charge in [-0.15, -0.1) is 0 Å². The number of likely N-dealkylation sites (tertiary alicyclic amines) is 1. The van der Waals surface area contributed by atoms with Crippen molar-refractivity contribution in [2.75, 3.05) is 33.9 Å². The van der Waals surface area contributed by atoms with Gasteiger partial charge in [-0.3, -0.25) is 14.4 Å².